The van der Waals surface area contributed by atoms with Gasteiger partial charge in [-0.1, -0.05) is 35.8 Å². The van der Waals surface area contributed by atoms with Crippen LogP contribution in [-0.4, -0.2) is 27.6 Å². The number of benzene rings is 3. The Morgan fingerprint density at radius 2 is 1.97 bits per heavy atom. The number of hydrogen-bond acceptors (Lipinski definition) is 8. The van der Waals surface area contributed by atoms with Crippen molar-refractivity contribution < 1.29 is 19.1 Å². The first-order chi connectivity index (χ1) is 18.7. The van der Waals surface area contributed by atoms with E-state index < -0.39 is 4.92 Å². The minimum atomic E-state index is -0.525. The Labute approximate surface area is 239 Å². The zero-order valence-corrected chi connectivity index (χ0v) is 24.1. The van der Waals surface area contributed by atoms with Crippen molar-refractivity contribution in [3.05, 3.63) is 94.9 Å². The third kappa shape index (κ3) is 5.52. The summed E-state index contributed by atoms with van der Waals surface area (Å²) in [6.45, 7) is 4.19. The number of nitrogens with zero attached hydrogens (tertiary/aromatic N) is 4. The molecule has 1 aliphatic heterocycles. The number of aromatic nitrogens is 2. The van der Waals surface area contributed by atoms with Crippen molar-refractivity contribution in [3.63, 3.8) is 0 Å². The Bertz CT molecular complexity index is 1690. The lowest BCUT2D eigenvalue weighted by molar-refractivity contribution is -0.386. The highest BCUT2D eigenvalue weighted by Crippen LogP contribution is 2.38. The highest BCUT2D eigenvalue weighted by molar-refractivity contribution is 9.10. The Kier molecular flexibility index (Phi) is 7.67. The van der Waals surface area contributed by atoms with Crippen LogP contribution in [0.1, 0.15) is 43.1 Å². The van der Waals surface area contributed by atoms with Crippen LogP contribution < -0.4 is 19.8 Å². The second-order valence-electron chi connectivity index (χ2n) is 8.89. The summed E-state index contributed by atoms with van der Waals surface area (Å²) in [4.78, 5) is 29.5. The smallest absolute Gasteiger partial charge is 0.312 e. The molecule has 200 valence electrons. The van der Waals surface area contributed by atoms with E-state index in [0.29, 0.717) is 38.3 Å². The predicted octanol–water partition coefficient (Wildman–Crippen LogP) is 6.53. The first-order valence-corrected chi connectivity index (χ1v) is 13.6. The largest absolute Gasteiger partial charge is 0.481 e. The Hall–Kier alpha value is -3.77. The molecule has 10 nitrogen and oxygen atoms in total. The predicted molar refractivity (Wildman–Crippen MR) is 153 cm³/mol. The summed E-state index contributed by atoms with van der Waals surface area (Å²) in [6, 6.07) is 13.6. The van der Waals surface area contributed by atoms with Gasteiger partial charge in [-0.15, -0.1) is 0 Å². The molecule has 1 aliphatic rings. The molecule has 0 radical (unpaired) electrons. The van der Waals surface area contributed by atoms with Crippen LogP contribution in [0, 0.1) is 10.1 Å². The maximum Gasteiger partial charge on any atom is 0.312 e. The van der Waals surface area contributed by atoms with E-state index in [2.05, 4.69) is 41.9 Å². The normalized spacial score (nSPS) is 13.2. The second-order valence-corrected chi connectivity index (χ2v) is 10.7. The molecule has 0 spiro atoms. The van der Waals surface area contributed by atoms with Crippen molar-refractivity contribution in [3.8, 4) is 17.2 Å². The molecule has 0 N–H and O–H groups in total. The molecule has 0 unspecified atom stereocenters. The lowest BCUT2D eigenvalue weighted by Gasteiger charge is -2.14. The van der Waals surface area contributed by atoms with Crippen molar-refractivity contribution in [2.75, 3.05) is 6.79 Å². The van der Waals surface area contributed by atoms with E-state index in [1.54, 1.807) is 36.4 Å². The van der Waals surface area contributed by atoms with E-state index in [0.717, 1.165) is 16.5 Å². The summed E-state index contributed by atoms with van der Waals surface area (Å²) in [5, 5.41) is 16.8. The molecule has 4 aromatic rings. The molecular formula is C27H22Br2N4O6. The monoisotopic (exact) mass is 656 g/mol. The van der Waals surface area contributed by atoms with Gasteiger partial charge in [-0.2, -0.15) is 9.78 Å². The summed E-state index contributed by atoms with van der Waals surface area (Å²) in [7, 11) is 0. The molecule has 0 bridgehead atoms. The van der Waals surface area contributed by atoms with Crippen LogP contribution in [0.25, 0.3) is 10.9 Å². The third-order valence-electron chi connectivity index (χ3n) is 6.27. The topological polar surface area (TPSA) is 118 Å². The van der Waals surface area contributed by atoms with Gasteiger partial charge >= 0.3 is 5.69 Å². The Morgan fingerprint density at radius 1 is 1.18 bits per heavy atom. The van der Waals surface area contributed by atoms with Crippen molar-refractivity contribution >= 4 is 54.7 Å². The van der Waals surface area contributed by atoms with E-state index in [-0.39, 0.29) is 36.3 Å². The van der Waals surface area contributed by atoms with Crippen molar-refractivity contribution in [2.45, 2.75) is 32.8 Å². The average Bonchev–Trinajstić information content (AvgIpc) is 3.39. The molecule has 1 aromatic heterocycles. The average molecular weight is 658 g/mol. The maximum absolute atomic E-state index is 13.4. The number of halogens is 2. The van der Waals surface area contributed by atoms with Gasteiger partial charge in [0.05, 0.1) is 26.5 Å². The lowest BCUT2D eigenvalue weighted by Crippen LogP contribution is -2.23. The molecule has 5 rings (SSSR count). The number of hydrogen-bond donors (Lipinski definition) is 0. The van der Waals surface area contributed by atoms with E-state index >= 15 is 0 Å². The molecule has 2 heterocycles. The number of rotatable bonds is 8. The summed E-state index contributed by atoms with van der Waals surface area (Å²) in [5.74, 6) is 1.77. The molecule has 0 fully saturated rings. The molecule has 39 heavy (non-hydrogen) atoms. The molecule has 0 aliphatic carbocycles. The van der Waals surface area contributed by atoms with Crippen LogP contribution in [0.3, 0.4) is 0 Å². The third-order valence-corrected chi connectivity index (χ3v) is 7.35. The summed E-state index contributed by atoms with van der Waals surface area (Å²) < 4.78 is 18.9. The molecule has 1 atom stereocenters. The summed E-state index contributed by atoms with van der Waals surface area (Å²) in [5.41, 5.74) is 1.16. The molecule has 0 saturated carbocycles. The SMILES string of the molecule is CC[C@H](C)c1nc2ccc(Br)cc2c(=O)n1N=Cc1cc(Br)c(OCc2ccc3c(c2)OCO3)c([N+](=O)[O-])c1. The Morgan fingerprint density at radius 3 is 2.74 bits per heavy atom. The van der Waals surface area contributed by atoms with E-state index in [4.69, 9.17) is 14.2 Å². The number of nitro groups is 1. The lowest BCUT2D eigenvalue weighted by atomic mass is 10.1. The van der Waals surface area contributed by atoms with Gasteiger partial charge in [-0.25, -0.2) is 4.98 Å². The number of ether oxygens (including phenoxy) is 3. The fourth-order valence-corrected chi connectivity index (χ4v) is 4.99. The van der Waals surface area contributed by atoms with Crippen LogP contribution in [0.4, 0.5) is 5.69 Å². The quantitative estimate of drug-likeness (QED) is 0.120. The minimum Gasteiger partial charge on any atom is -0.481 e. The van der Waals surface area contributed by atoms with E-state index in [1.807, 2.05) is 19.9 Å². The zero-order chi connectivity index (χ0) is 27.7. The van der Waals surface area contributed by atoms with Gasteiger partial charge in [-0.05, 0) is 64.3 Å². The van der Waals surface area contributed by atoms with Crippen LogP contribution in [0.2, 0.25) is 0 Å². The van der Waals surface area contributed by atoms with Crippen LogP contribution in [0.5, 0.6) is 17.2 Å². The Balaban J connectivity index is 1.48. The van der Waals surface area contributed by atoms with Gasteiger partial charge in [-0.3, -0.25) is 14.9 Å². The molecule has 0 amide bonds. The van der Waals surface area contributed by atoms with Crippen LogP contribution >= 0.6 is 31.9 Å². The highest BCUT2D eigenvalue weighted by atomic mass is 79.9. The summed E-state index contributed by atoms with van der Waals surface area (Å²) >= 11 is 6.80. The molecular weight excluding hydrogens is 636 g/mol. The van der Waals surface area contributed by atoms with Crippen LogP contribution in [-0.2, 0) is 6.61 Å². The standard InChI is InChI=1S/C27H22Br2N4O6/c1-3-15(2)26-31-21-6-5-18(28)11-19(21)27(34)32(26)30-12-17-8-20(29)25(22(9-17)33(35)36)37-13-16-4-7-23-24(10-16)39-14-38-23/h4-12,15H,3,13-14H2,1-2H3/t15-/m0/s1. The van der Waals surface area contributed by atoms with E-state index in [9.17, 15) is 14.9 Å². The minimum absolute atomic E-state index is 0.0454. The highest BCUT2D eigenvalue weighted by Gasteiger charge is 2.22. The van der Waals surface area contributed by atoms with Gasteiger partial charge in [0.2, 0.25) is 12.5 Å². The van der Waals surface area contributed by atoms with Gasteiger partial charge in [0.1, 0.15) is 12.4 Å². The summed E-state index contributed by atoms with van der Waals surface area (Å²) in [6.07, 6.45) is 2.15. The van der Waals surface area contributed by atoms with Gasteiger partial charge in [0, 0.05) is 22.0 Å². The number of nitro benzene ring substituents is 1. The second kappa shape index (κ2) is 11.1. The number of fused-ring (bicyclic) bond motifs is 2. The van der Waals surface area contributed by atoms with Gasteiger partial charge in [0.15, 0.2) is 11.5 Å². The fraction of sp³-hybridized carbons (Fsp3) is 0.222. The van der Waals surface area contributed by atoms with Crippen molar-refractivity contribution in [1.29, 1.82) is 0 Å². The first kappa shape index (κ1) is 26.8. The van der Waals surface area contributed by atoms with Crippen molar-refractivity contribution in [2.24, 2.45) is 5.10 Å². The molecule has 12 heteroatoms. The molecule has 0 saturated heterocycles. The van der Waals surface area contributed by atoms with Gasteiger partial charge < -0.3 is 14.2 Å². The molecule has 3 aromatic carbocycles. The van der Waals surface area contributed by atoms with Crippen LogP contribution in [0.15, 0.2) is 67.4 Å². The zero-order valence-electron chi connectivity index (χ0n) is 20.9. The first-order valence-electron chi connectivity index (χ1n) is 12.0. The van der Waals surface area contributed by atoms with Gasteiger partial charge in [0.25, 0.3) is 5.56 Å². The maximum atomic E-state index is 13.4. The van der Waals surface area contributed by atoms with Crippen molar-refractivity contribution in [1.82, 2.24) is 9.66 Å². The van der Waals surface area contributed by atoms with E-state index in [1.165, 1.54) is 17.0 Å². The fourth-order valence-electron chi connectivity index (χ4n) is 4.04.